The zero-order valence-corrected chi connectivity index (χ0v) is 13.9. The van der Waals surface area contributed by atoms with Crippen LogP contribution in [0.4, 0.5) is 4.39 Å². The van der Waals surface area contributed by atoms with Crippen LogP contribution in [0.5, 0.6) is 5.75 Å². The fraction of sp³-hybridized carbons (Fsp3) is 0.429. The van der Waals surface area contributed by atoms with Crippen LogP contribution in [0.25, 0.3) is 0 Å². The van der Waals surface area contributed by atoms with Crippen LogP contribution in [0, 0.1) is 5.82 Å². The van der Waals surface area contributed by atoms with Crippen LogP contribution >= 0.6 is 0 Å². The van der Waals surface area contributed by atoms with E-state index in [1.165, 1.54) is 14.1 Å². The van der Waals surface area contributed by atoms with E-state index < -0.39 is 39.2 Å². The monoisotopic (exact) mass is 360 g/mol. The molecule has 1 amide bonds. The predicted octanol–water partition coefficient (Wildman–Crippen LogP) is 0.991. The molecule has 24 heavy (non-hydrogen) atoms. The largest absolute Gasteiger partial charge is 0.486 e. The summed E-state index contributed by atoms with van der Waals surface area (Å²) in [5, 5.41) is 8.99. The number of nitrogens with one attached hydrogen (secondary N) is 1. The number of carboxylic acids is 1. The van der Waals surface area contributed by atoms with Crippen molar-refractivity contribution in [3.8, 4) is 5.75 Å². The molecule has 0 aromatic heterocycles. The zero-order valence-electron chi connectivity index (χ0n) is 13.1. The minimum absolute atomic E-state index is 0.333. The highest BCUT2D eigenvalue weighted by Crippen LogP contribution is 2.32. The van der Waals surface area contributed by atoms with Gasteiger partial charge in [-0.2, -0.15) is 12.7 Å². The molecule has 132 valence electrons. The summed E-state index contributed by atoms with van der Waals surface area (Å²) in [6, 6.07) is 1.92. The smallest absolute Gasteiger partial charge is 0.338 e. The van der Waals surface area contributed by atoms with Crippen molar-refractivity contribution in [2.24, 2.45) is 0 Å². The van der Waals surface area contributed by atoms with Gasteiger partial charge in [0.1, 0.15) is 0 Å². The molecule has 1 aliphatic rings. The highest BCUT2D eigenvalue weighted by atomic mass is 32.2. The first-order valence-electron chi connectivity index (χ1n) is 7.10. The number of hydrogen-bond donors (Lipinski definition) is 2. The zero-order chi connectivity index (χ0) is 18.1. The second kappa shape index (κ2) is 6.73. The standard InChI is InChI=1S/C14H17FN2O6S/c1-17(2)24(21,22)16-13(18)10-7-6-9(14(19)20)11(15)12(10)23-8-4-3-5-8/h6-8H,3-5H2,1-2H3,(H,16,18)(H,19,20). The van der Waals surface area contributed by atoms with Crippen LogP contribution in [0.1, 0.15) is 40.0 Å². The number of amides is 1. The Morgan fingerprint density at radius 3 is 2.33 bits per heavy atom. The van der Waals surface area contributed by atoms with E-state index >= 15 is 0 Å². The van der Waals surface area contributed by atoms with E-state index in [0.29, 0.717) is 12.8 Å². The molecule has 0 heterocycles. The third kappa shape index (κ3) is 3.65. The Bertz CT molecular complexity index is 774. The average Bonchev–Trinajstić information content (AvgIpc) is 2.42. The van der Waals surface area contributed by atoms with Crippen LogP contribution in [0.15, 0.2) is 12.1 Å². The number of benzene rings is 1. The quantitative estimate of drug-likeness (QED) is 0.782. The summed E-state index contributed by atoms with van der Waals surface area (Å²) >= 11 is 0. The molecule has 1 saturated carbocycles. The van der Waals surface area contributed by atoms with E-state index in [9.17, 15) is 22.4 Å². The second-order valence-corrected chi connectivity index (χ2v) is 7.38. The third-order valence-corrected chi connectivity index (χ3v) is 5.02. The minimum Gasteiger partial charge on any atom is -0.486 e. The summed E-state index contributed by atoms with van der Waals surface area (Å²) in [7, 11) is -1.65. The molecular formula is C14H17FN2O6S. The summed E-state index contributed by atoms with van der Waals surface area (Å²) in [6.07, 6.45) is 1.84. The molecule has 2 rings (SSSR count). The van der Waals surface area contributed by atoms with Gasteiger partial charge in [-0.25, -0.2) is 13.9 Å². The molecule has 1 aromatic rings. The summed E-state index contributed by atoms with van der Waals surface area (Å²) in [5.74, 6) is -4.37. The Labute approximate surface area is 138 Å². The van der Waals surface area contributed by atoms with Gasteiger partial charge in [0.25, 0.3) is 5.91 Å². The van der Waals surface area contributed by atoms with E-state index in [1.54, 1.807) is 4.72 Å². The van der Waals surface area contributed by atoms with Gasteiger partial charge >= 0.3 is 16.2 Å². The van der Waals surface area contributed by atoms with Gasteiger partial charge < -0.3 is 9.84 Å². The highest BCUT2D eigenvalue weighted by molar-refractivity contribution is 7.87. The fourth-order valence-electron chi connectivity index (χ4n) is 1.93. The van der Waals surface area contributed by atoms with Crippen molar-refractivity contribution in [3.63, 3.8) is 0 Å². The Balaban J connectivity index is 2.42. The number of rotatable bonds is 6. The molecule has 1 fully saturated rings. The number of ether oxygens (including phenoxy) is 1. The Hall–Kier alpha value is -2.20. The van der Waals surface area contributed by atoms with Gasteiger partial charge in [-0.1, -0.05) is 0 Å². The maximum absolute atomic E-state index is 14.4. The number of halogens is 1. The molecule has 0 unspecified atom stereocenters. The predicted molar refractivity (Wildman–Crippen MR) is 81.7 cm³/mol. The number of hydrogen-bond acceptors (Lipinski definition) is 5. The summed E-state index contributed by atoms with van der Waals surface area (Å²) < 4.78 is 45.8. The lowest BCUT2D eigenvalue weighted by molar-refractivity contribution is 0.0685. The number of carbonyl (C=O) groups excluding carboxylic acids is 1. The van der Waals surface area contributed by atoms with Crippen LogP contribution in [0.3, 0.4) is 0 Å². The van der Waals surface area contributed by atoms with Crippen LogP contribution in [0.2, 0.25) is 0 Å². The highest BCUT2D eigenvalue weighted by Gasteiger charge is 2.29. The maximum atomic E-state index is 14.4. The molecule has 0 bridgehead atoms. The lowest BCUT2D eigenvalue weighted by Gasteiger charge is -2.27. The number of nitrogens with zero attached hydrogens (tertiary/aromatic N) is 1. The van der Waals surface area contributed by atoms with E-state index in [-0.39, 0.29) is 11.7 Å². The van der Waals surface area contributed by atoms with Gasteiger partial charge in [0.05, 0.1) is 17.2 Å². The normalized spacial score (nSPS) is 15.0. The lowest BCUT2D eigenvalue weighted by Crippen LogP contribution is -2.40. The van der Waals surface area contributed by atoms with Gasteiger partial charge in [-0.05, 0) is 31.4 Å². The number of carbonyl (C=O) groups is 2. The van der Waals surface area contributed by atoms with Crippen molar-refractivity contribution < 1.29 is 32.2 Å². The van der Waals surface area contributed by atoms with Crippen molar-refractivity contribution in [1.29, 1.82) is 0 Å². The first-order valence-corrected chi connectivity index (χ1v) is 8.54. The van der Waals surface area contributed by atoms with Crippen LogP contribution < -0.4 is 9.46 Å². The minimum atomic E-state index is -4.08. The molecule has 0 saturated heterocycles. The van der Waals surface area contributed by atoms with Crippen LogP contribution in [-0.2, 0) is 10.2 Å². The molecule has 0 aliphatic heterocycles. The third-order valence-electron chi connectivity index (χ3n) is 3.61. The molecule has 0 spiro atoms. The molecule has 0 atom stereocenters. The Kier molecular flexibility index (Phi) is 5.09. The maximum Gasteiger partial charge on any atom is 0.338 e. The van der Waals surface area contributed by atoms with Gasteiger partial charge in [0.15, 0.2) is 11.6 Å². The topological polar surface area (TPSA) is 113 Å². The van der Waals surface area contributed by atoms with Crippen molar-refractivity contribution in [2.45, 2.75) is 25.4 Å². The van der Waals surface area contributed by atoms with Gasteiger partial charge in [-0.15, -0.1) is 0 Å². The summed E-state index contributed by atoms with van der Waals surface area (Å²) in [6.45, 7) is 0. The Morgan fingerprint density at radius 2 is 1.88 bits per heavy atom. The number of carboxylic acid groups (broad SMARTS) is 1. The summed E-state index contributed by atoms with van der Waals surface area (Å²) in [4.78, 5) is 23.2. The van der Waals surface area contributed by atoms with Gasteiger partial charge in [-0.3, -0.25) is 4.79 Å². The molecule has 1 aliphatic carbocycles. The van der Waals surface area contributed by atoms with Gasteiger partial charge in [0, 0.05) is 14.1 Å². The van der Waals surface area contributed by atoms with Crippen molar-refractivity contribution in [1.82, 2.24) is 9.03 Å². The van der Waals surface area contributed by atoms with E-state index in [1.807, 2.05) is 0 Å². The average molecular weight is 360 g/mol. The van der Waals surface area contributed by atoms with Crippen molar-refractivity contribution >= 4 is 22.1 Å². The first-order chi connectivity index (χ1) is 11.1. The van der Waals surface area contributed by atoms with Gasteiger partial charge in [0.2, 0.25) is 0 Å². The summed E-state index contributed by atoms with van der Waals surface area (Å²) in [5.41, 5.74) is -1.04. The molecular weight excluding hydrogens is 343 g/mol. The van der Waals surface area contributed by atoms with E-state index in [0.717, 1.165) is 22.9 Å². The first kappa shape index (κ1) is 18.1. The van der Waals surface area contributed by atoms with Crippen molar-refractivity contribution in [3.05, 3.63) is 29.1 Å². The number of aromatic carboxylic acids is 1. The Morgan fingerprint density at radius 1 is 1.29 bits per heavy atom. The lowest BCUT2D eigenvalue weighted by atomic mass is 9.96. The van der Waals surface area contributed by atoms with Crippen molar-refractivity contribution in [2.75, 3.05) is 14.1 Å². The molecule has 1 aromatic carbocycles. The fourth-order valence-corrected chi connectivity index (χ4v) is 2.46. The SMILES string of the molecule is CN(C)S(=O)(=O)NC(=O)c1ccc(C(=O)O)c(F)c1OC1CCC1. The molecule has 2 N–H and O–H groups in total. The van der Waals surface area contributed by atoms with E-state index in [2.05, 4.69) is 0 Å². The second-order valence-electron chi connectivity index (χ2n) is 5.50. The molecule has 10 heteroatoms. The van der Waals surface area contributed by atoms with Crippen LogP contribution in [-0.4, -0.2) is 49.9 Å². The molecule has 8 nitrogen and oxygen atoms in total. The van der Waals surface area contributed by atoms with E-state index in [4.69, 9.17) is 9.84 Å². The molecule has 0 radical (unpaired) electrons.